The van der Waals surface area contributed by atoms with Crippen molar-refractivity contribution in [3.63, 3.8) is 0 Å². The fourth-order valence-corrected chi connectivity index (χ4v) is 6.12. The minimum Gasteiger partial charge on any atom is -0.349 e. The number of amides is 2. The van der Waals surface area contributed by atoms with Gasteiger partial charge in [0.15, 0.2) is 5.13 Å². The van der Waals surface area contributed by atoms with Crippen molar-refractivity contribution >= 4 is 40.0 Å². The predicted octanol–water partition coefficient (Wildman–Crippen LogP) is 5.17. The Morgan fingerprint density at radius 1 is 1.23 bits per heavy atom. The number of nitrogens with zero attached hydrogens (tertiary/aromatic N) is 2. The lowest BCUT2D eigenvalue weighted by atomic mass is 9.69. The lowest BCUT2D eigenvalue weighted by molar-refractivity contribution is -0.118. The van der Waals surface area contributed by atoms with Crippen LogP contribution in [-0.2, 0) is 9.59 Å². The molecule has 2 bridgehead atoms. The van der Waals surface area contributed by atoms with Crippen molar-refractivity contribution in [2.24, 2.45) is 16.7 Å². The number of fused-ring (bicyclic) bond motifs is 2. The van der Waals surface area contributed by atoms with E-state index >= 15 is 0 Å². The van der Waals surface area contributed by atoms with Crippen LogP contribution in [0.3, 0.4) is 0 Å². The number of carbonyl (C=O) groups is 2. The molecule has 0 spiro atoms. The summed E-state index contributed by atoms with van der Waals surface area (Å²) in [5.41, 5.74) is 1.88. The molecule has 0 saturated heterocycles. The van der Waals surface area contributed by atoms with E-state index in [9.17, 15) is 9.59 Å². The first-order valence-electron chi connectivity index (χ1n) is 10.5. The molecular formula is C24H29N3O2S. The second kappa shape index (κ2) is 7.65. The van der Waals surface area contributed by atoms with Crippen LogP contribution in [-0.4, -0.2) is 22.8 Å². The van der Waals surface area contributed by atoms with Crippen molar-refractivity contribution in [1.82, 2.24) is 10.3 Å². The number of nitrogens with one attached hydrogen (secondary N) is 1. The van der Waals surface area contributed by atoms with E-state index < -0.39 is 0 Å². The van der Waals surface area contributed by atoms with Gasteiger partial charge in [-0.1, -0.05) is 39.0 Å². The third-order valence-corrected chi connectivity index (χ3v) is 8.39. The zero-order valence-corrected chi connectivity index (χ0v) is 18.8. The maximum Gasteiger partial charge on any atom is 0.244 e. The fraction of sp³-hybridized carbons (Fsp3) is 0.458. The maximum atomic E-state index is 12.6. The molecule has 5 nitrogen and oxygen atoms in total. The zero-order valence-electron chi connectivity index (χ0n) is 18.0. The van der Waals surface area contributed by atoms with Crippen molar-refractivity contribution in [3.05, 3.63) is 47.5 Å². The molecule has 2 saturated carbocycles. The van der Waals surface area contributed by atoms with Gasteiger partial charge < -0.3 is 5.32 Å². The molecule has 2 fully saturated rings. The van der Waals surface area contributed by atoms with Crippen molar-refractivity contribution in [2.75, 3.05) is 4.90 Å². The molecule has 3 atom stereocenters. The molecule has 0 aliphatic heterocycles. The summed E-state index contributed by atoms with van der Waals surface area (Å²) in [6, 6.07) is 9.67. The number of thiazole rings is 1. The SMILES string of the molecule is CC(=O)N(c1ccccc1)c1nc(/C=C/C(=O)NC2CC3CCC2(C)C3(C)C)cs1. The molecule has 2 amide bonds. The van der Waals surface area contributed by atoms with Crippen molar-refractivity contribution in [3.8, 4) is 0 Å². The molecule has 2 aliphatic carbocycles. The van der Waals surface area contributed by atoms with Crippen LogP contribution in [0, 0.1) is 16.7 Å². The first-order valence-corrected chi connectivity index (χ1v) is 11.4. The zero-order chi connectivity index (χ0) is 21.5. The summed E-state index contributed by atoms with van der Waals surface area (Å²) in [7, 11) is 0. The van der Waals surface area contributed by atoms with E-state index in [-0.39, 0.29) is 28.7 Å². The lowest BCUT2D eigenvalue weighted by Crippen LogP contribution is -2.46. The Morgan fingerprint density at radius 2 is 1.97 bits per heavy atom. The lowest BCUT2D eigenvalue weighted by Gasteiger charge is -2.39. The smallest absolute Gasteiger partial charge is 0.244 e. The number of hydrogen-bond acceptors (Lipinski definition) is 4. The van der Waals surface area contributed by atoms with E-state index in [1.165, 1.54) is 31.1 Å². The van der Waals surface area contributed by atoms with Gasteiger partial charge in [-0.3, -0.25) is 14.5 Å². The van der Waals surface area contributed by atoms with Gasteiger partial charge >= 0.3 is 0 Å². The highest BCUT2D eigenvalue weighted by Gasteiger charge is 2.61. The van der Waals surface area contributed by atoms with E-state index in [2.05, 4.69) is 31.1 Å². The van der Waals surface area contributed by atoms with Crippen LogP contribution in [0.1, 0.15) is 52.7 Å². The molecule has 1 N–H and O–H groups in total. The van der Waals surface area contributed by atoms with E-state index in [1.54, 1.807) is 17.1 Å². The Hall–Kier alpha value is -2.47. The summed E-state index contributed by atoms with van der Waals surface area (Å²) in [5.74, 6) is 0.509. The minimum atomic E-state index is -0.101. The summed E-state index contributed by atoms with van der Waals surface area (Å²) >= 11 is 1.39. The molecule has 2 aromatic rings. The Kier molecular flexibility index (Phi) is 5.30. The third-order valence-electron chi connectivity index (χ3n) is 7.55. The summed E-state index contributed by atoms with van der Waals surface area (Å²) in [6.07, 6.45) is 6.78. The molecular weight excluding hydrogens is 394 g/mol. The Bertz CT molecular complexity index is 981. The molecule has 3 unspecified atom stereocenters. The first kappa shape index (κ1) is 20.8. The standard InChI is InChI=1S/C24H29N3O2S/c1-16(28)27(19-8-6-5-7-9-19)22-25-18(15-30-22)10-11-21(29)26-20-14-17-12-13-24(20,4)23(17,2)3/h5-11,15,17,20H,12-14H2,1-4H3,(H,26,29)/b11-10+. The second-order valence-corrected chi connectivity index (χ2v) is 10.1. The molecule has 6 heteroatoms. The highest BCUT2D eigenvalue weighted by molar-refractivity contribution is 7.14. The number of carbonyl (C=O) groups excluding carboxylic acids is 2. The fourth-order valence-electron chi connectivity index (χ4n) is 5.26. The molecule has 1 heterocycles. The average molecular weight is 424 g/mol. The molecule has 4 rings (SSSR count). The second-order valence-electron chi connectivity index (χ2n) is 9.25. The molecule has 1 aromatic heterocycles. The Balaban J connectivity index is 1.44. The quantitative estimate of drug-likeness (QED) is 0.675. The maximum absolute atomic E-state index is 12.6. The topological polar surface area (TPSA) is 62.3 Å². The number of rotatable bonds is 5. The van der Waals surface area contributed by atoms with Gasteiger partial charge in [0.05, 0.1) is 11.4 Å². The summed E-state index contributed by atoms with van der Waals surface area (Å²) in [4.78, 5) is 30.9. The number of para-hydroxylation sites is 1. The minimum absolute atomic E-state index is 0.0781. The molecule has 158 valence electrons. The monoisotopic (exact) mass is 423 g/mol. The number of hydrogen-bond donors (Lipinski definition) is 1. The van der Waals surface area contributed by atoms with Crippen LogP contribution in [0.2, 0.25) is 0 Å². The Morgan fingerprint density at radius 3 is 2.57 bits per heavy atom. The van der Waals surface area contributed by atoms with Crippen LogP contribution in [0.15, 0.2) is 41.8 Å². The number of aromatic nitrogens is 1. The van der Waals surface area contributed by atoms with Gasteiger partial charge in [0.1, 0.15) is 0 Å². The predicted molar refractivity (Wildman–Crippen MR) is 122 cm³/mol. The van der Waals surface area contributed by atoms with Gasteiger partial charge in [0, 0.05) is 24.4 Å². The van der Waals surface area contributed by atoms with Crippen LogP contribution >= 0.6 is 11.3 Å². The van der Waals surface area contributed by atoms with Crippen molar-refractivity contribution in [1.29, 1.82) is 0 Å². The van der Waals surface area contributed by atoms with Crippen LogP contribution in [0.4, 0.5) is 10.8 Å². The molecule has 2 aliphatic rings. The number of benzene rings is 1. The van der Waals surface area contributed by atoms with Crippen molar-refractivity contribution in [2.45, 2.75) is 53.0 Å². The van der Waals surface area contributed by atoms with Gasteiger partial charge in [-0.05, 0) is 54.2 Å². The van der Waals surface area contributed by atoms with Gasteiger partial charge in [-0.15, -0.1) is 11.3 Å². The van der Waals surface area contributed by atoms with Gasteiger partial charge in [0.2, 0.25) is 11.8 Å². The third kappa shape index (κ3) is 3.47. The normalized spacial score (nSPS) is 26.8. The average Bonchev–Trinajstić information content (AvgIpc) is 3.30. The highest BCUT2D eigenvalue weighted by Crippen LogP contribution is 2.65. The van der Waals surface area contributed by atoms with E-state index in [1.807, 2.05) is 35.7 Å². The molecule has 0 radical (unpaired) electrons. The van der Waals surface area contributed by atoms with Gasteiger partial charge in [-0.25, -0.2) is 4.98 Å². The molecule has 30 heavy (non-hydrogen) atoms. The van der Waals surface area contributed by atoms with Crippen LogP contribution in [0.5, 0.6) is 0 Å². The summed E-state index contributed by atoms with van der Waals surface area (Å²) in [5, 5.41) is 5.69. The highest BCUT2D eigenvalue weighted by atomic mass is 32.1. The molecule has 1 aromatic carbocycles. The van der Waals surface area contributed by atoms with Crippen LogP contribution in [0.25, 0.3) is 6.08 Å². The van der Waals surface area contributed by atoms with E-state index in [0.29, 0.717) is 16.7 Å². The van der Waals surface area contributed by atoms with E-state index in [4.69, 9.17) is 0 Å². The first-order chi connectivity index (χ1) is 14.2. The van der Waals surface area contributed by atoms with Gasteiger partial charge in [0.25, 0.3) is 0 Å². The largest absolute Gasteiger partial charge is 0.349 e. The summed E-state index contributed by atoms with van der Waals surface area (Å²) in [6.45, 7) is 8.53. The number of anilines is 2. The summed E-state index contributed by atoms with van der Waals surface area (Å²) < 4.78 is 0. The van der Waals surface area contributed by atoms with Gasteiger partial charge in [-0.2, -0.15) is 0 Å². The Labute approximate surface area is 182 Å². The van der Waals surface area contributed by atoms with E-state index in [0.717, 1.165) is 12.1 Å². The van der Waals surface area contributed by atoms with Crippen LogP contribution < -0.4 is 10.2 Å². The van der Waals surface area contributed by atoms with Crippen molar-refractivity contribution < 1.29 is 9.59 Å².